The van der Waals surface area contributed by atoms with Gasteiger partial charge in [-0.1, -0.05) is 36.4 Å². The number of hydrogen-bond donors (Lipinski definition) is 1. The fourth-order valence-electron chi connectivity index (χ4n) is 4.73. The first-order valence-electron chi connectivity index (χ1n) is 10.6. The average molecular weight is 435 g/mol. The molecule has 2 aromatic carbocycles. The van der Waals surface area contributed by atoms with E-state index in [0.29, 0.717) is 19.6 Å². The Morgan fingerprint density at radius 2 is 2.03 bits per heavy atom. The molecule has 1 fully saturated rings. The maximum atomic E-state index is 12.8. The second-order valence-corrected chi connectivity index (χ2v) is 9.33. The molecule has 0 saturated carbocycles. The van der Waals surface area contributed by atoms with E-state index in [9.17, 15) is 4.79 Å². The first kappa shape index (κ1) is 20.1. The molecule has 1 saturated heterocycles. The maximum Gasteiger partial charge on any atom is 0.249 e. The highest BCUT2D eigenvalue weighted by Crippen LogP contribution is 2.47. The van der Waals surface area contributed by atoms with E-state index >= 15 is 0 Å². The standard InChI is InChI=1S/C25H26N2O3S/c1-29-19-10-8-18(9-11-19)15-27-16-25(21-6-2-3-7-22(21)27)13-23(30-17-25)24(28)26-14-20-5-4-12-31-20/h2-12,23H,13-17H2,1H3,(H,26,28)/t23-,25-/m1/s1. The highest BCUT2D eigenvalue weighted by atomic mass is 32.1. The van der Waals surface area contributed by atoms with E-state index in [1.807, 2.05) is 29.6 Å². The summed E-state index contributed by atoms with van der Waals surface area (Å²) in [4.78, 5) is 16.3. The summed E-state index contributed by atoms with van der Waals surface area (Å²) in [7, 11) is 1.68. The molecule has 160 valence electrons. The lowest BCUT2D eigenvalue weighted by Gasteiger charge is -2.24. The van der Waals surface area contributed by atoms with Gasteiger partial charge in [-0.25, -0.2) is 0 Å². The molecule has 0 aliphatic carbocycles. The first-order chi connectivity index (χ1) is 15.2. The third-order valence-electron chi connectivity index (χ3n) is 6.29. The van der Waals surface area contributed by atoms with Crippen LogP contribution in [0.1, 0.15) is 22.4 Å². The van der Waals surface area contributed by atoms with Crippen LogP contribution in [0.4, 0.5) is 5.69 Å². The van der Waals surface area contributed by atoms with Crippen LogP contribution < -0.4 is 15.0 Å². The van der Waals surface area contributed by atoms with Gasteiger partial charge in [-0.3, -0.25) is 4.79 Å². The van der Waals surface area contributed by atoms with Crippen LogP contribution in [0.5, 0.6) is 5.75 Å². The fraction of sp³-hybridized carbons (Fsp3) is 0.320. The zero-order valence-electron chi connectivity index (χ0n) is 17.5. The van der Waals surface area contributed by atoms with Crippen molar-refractivity contribution in [2.45, 2.75) is 31.0 Å². The summed E-state index contributed by atoms with van der Waals surface area (Å²) >= 11 is 1.65. The number of methoxy groups -OCH3 is 1. The van der Waals surface area contributed by atoms with Gasteiger partial charge in [0.2, 0.25) is 5.91 Å². The van der Waals surface area contributed by atoms with Crippen LogP contribution in [0, 0.1) is 0 Å². The van der Waals surface area contributed by atoms with E-state index in [2.05, 4.69) is 46.6 Å². The number of carbonyl (C=O) groups is 1. The van der Waals surface area contributed by atoms with Crippen molar-refractivity contribution in [3.05, 3.63) is 82.0 Å². The monoisotopic (exact) mass is 434 g/mol. The molecule has 2 aliphatic rings. The van der Waals surface area contributed by atoms with Gasteiger partial charge in [0.15, 0.2) is 0 Å². The lowest BCUT2D eigenvalue weighted by Crippen LogP contribution is -2.37. The predicted molar refractivity (Wildman–Crippen MR) is 123 cm³/mol. The number of amides is 1. The number of thiophene rings is 1. The second kappa shape index (κ2) is 8.36. The normalized spacial score (nSPS) is 22.0. The SMILES string of the molecule is COc1ccc(CN2C[C@]3(CO[C@@H](C(=O)NCc4cccs4)C3)c3ccccc32)cc1. The van der Waals surface area contributed by atoms with Crippen LogP contribution in [-0.4, -0.2) is 32.3 Å². The lowest BCUT2D eigenvalue weighted by atomic mass is 9.80. The molecule has 0 bridgehead atoms. The second-order valence-electron chi connectivity index (χ2n) is 8.30. The molecule has 3 heterocycles. The van der Waals surface area contributed by atoms with E-state index in [1.165, 1.54) is 16.8 Å². The highest BCUT2D eigenvalue weighted by molar-refractivity contribution is 7.09. The van der Waals surface area contributed by atoms with E-state index in [1.54, 1.807) is 18.4 Å². The molecule has 2 aliphatic heterocycles. The summed E-state index contributed by atoms with van der Waals surface area (Å²) in [6, 6.07) is 20.8. The van der Waals surface area contributed by atoms with Gasteiger partial charge in [-0.15, -0.1) is 11.3 Å². The van der Waals surface area contributed by atoms with Gasteiger partial charge < -0.3 is 19.7 Å². The molecule has 5 rings (SSSR count). The number of fused-ring (bicyclic) bond motifs is 2. The Morgan fingerprint density at radius 1 is 1.19 bits per heavy atom. The molecule has 0 unspecified atom stereocenters. The quantitative estimate of drug-likeness (QED) is 0.634. The molecule has 1 spiro atoms. The van der Waals surface area contributed by atoms with Gasteiger partial charge in [0.25, 0.3) is 0 Å². The van der Waals surface area contributed by atoms with Gasteiger partial charge in [-0.05, 0) is 47.2 Å². The van der Waals surface area contributed by atoms with Crippen molar-refractivity contribution >= 4 is 22.9 Å². The third kappa shape index (κ3) is 3.93. The summed E-state index contributed by atoms with van der Waals surface area (Å²) in [5.41, 5.74) is 3.61. The van der Waals surface area contributed by atoms with Crippen LogP contribution in [0.2, 0.25) is 0 Å². The minimum Gasteiger partial charge on any atom is -0.497 e. The number of ether oxygens (including phenoxy) is 2. The van der Waals surface area contributed by atoms with E-state index in [4.69, 9.17) is 9.47 Å². The van der Waals surface area contributed by atoms with Crippen LogP contribution in [0.25, 0.3) is 0 Å². The topological polar surface area (TPSA) is 50.8 Å². The van der Waals surface area contributed by atoms with Crippen molar-refractivity contribution in [2.75, 3.05) is 25.2 Å². The number of para-hydroxylation sites is 1. The molecule has 0 radical (unpaired) electrons. The van der Waals surface area contributed by atoms with Gasteiger partial charge in [-0.2, -0.15) is 0 Å². The molecule has 1 N–H and O–H groups in total. The number of hydrogen-bond acceptors (Lipinski definition) is 5. The molecule has 1 amide bonds. The molecule has 3 aromatic rings. The van der Waals surface area contributed by atoms with Crippen molar-refractivity contribution in [3.8, 4) is 5.75 Å². The van der Waals surface area contributed by atoms with Crippen LogP contribution in [0.15, 0.2) is 66.0 Å². The lowest BCUT2D eigenvalue weighted by molar-refractivity contribution is -0.130. The molecule has 31 heavy (non-hydrogen) atoms. The molecule has 1 aromatic heterocycles. The fourth-order valence-corrected chi connectivity index (χ4v) is 5.37. The molecular formula is C25H26N2O3S. The minimum absolute atomic E-state index is 0.0173. The smallest absolute Gasteiger partial charge is 0.249 e. The Kier molecular flexibility index (Phi) is 5.42. The average Bonchev–Trinajstić information content (AvgIpc) is 3.54. The van der Waals surface area contributed by atoms with Crippen molar-refractivity contribution in [1.29, 1.82) is 0 Å². The summed E-state index contributed by atoms with van der Waals surface area (Å²) in [6.45, 7) is 2.80. The molecule has 5 nitrogen and oxygen atoms in total. The van der Waals surface area contributed by atoms with E-state index < -0.39 is 6.10 Å². The highest BCUT2D eigenvalue weighted by Gasteiger charge is 2.50. The Hall–Kier alpha value is -2.83. The van der Waals surface area contributed by atoms with Crippen molar-refractivity contribution in [2.24, 2.45) is 0 Å². The van der Waals surface area contributed by atoms with E-state index in [0.717, 1.165) is 23.7 Å². The molecular weight excluding hydrogens is 408 g/mol. The van der Waals surface area contributed by atoms with Gasteiger partial charge >= 0.3 is 0 Å². The first-order valence-corrected chi connectivity index (χ1v) is 11.4. The Bertz CT molecular complexity index is 1050. The number of nitrogens with one attached hydrogen (secondary N) is 1. The van der Waals surface area contributed by atoms with Crippen molar-refractivity contribution < 1.29 is 14.3 Å². The maximum absolute atomic E-state index is 12.8. The van der Waals surface area contributed by atoms with Crippen molar-refractivity contribution in [1.82, 2.24) is 5.32 Å². The summed E-state index contributed by atoms with van der Waals surface area (Å²) in [5.74, 6) is 0.846. The number of rotatable bonds is 6. The molecule has 2 atom stereocenters. The number of anilines is 1. The predicted octanol–water partition coefficient (Wildman–Crippen LogP) is 4.12. The zero-order valence-corrected chi connectivity index (χ0v) is 18.4. The van der Waals surface area contributed by atoms with Gasteiger partial charge in [0.05, 0.1) is 20.3 Å². The summed E-state index contributed by atoms with van der Waals surface area (Å²) < 4.78 is 11.3. The Morgan fingerprint density at radius 3 is 2.81 bits per heavy atom. The van der Waals surface area contributed by atoms with Crippen LogP contribution in [0.3, 0.4) is 0 Å². The van der Waals surface area contributed by atoms with Gasteiger partial charge in [0, 0.05) is 29.1 Å². The van der Waals surface area contributed by atoms with Crippen LogP contribution >= 0.6 is 11.3 Å². The van der Waals surface area contributed by atoms with Gasteiger partial charge in [0.1, 0.15) is 11.9 Å². The van der Waals surface area contributed by atoms with Crippen molar-refractivity contribution in [3.63, 3.8) is 0 Å². The summed E-state index contributed by atoms with van der Waals surface area (Å²) in [5, 5.41) is 5.06. The molecule has 6 heteroatoms. The van der Waals surface area contributed by atoms with Crippen LogP contribution in [-0.2, 0) is 28.0 Å². The number of nitrogens with zero attached hydrogens (tertiary/aromatic N) is 1. The van der Waals surface area contributed by atoms with E-state index in [-0.39, 0.29) is 11.3 Å². The number of benzene rings is 2. The number of carbonyl (C=O) groups excluding carboxylic acids is 1. The summed E-state index contributed by atoms with van der Waals surface area (Å²) in [6.07, 6.45) is 0.299. The Labute approximate surface area is 186 Å². The zero-order chi connectivity index (χ0) is 21.3. The Balaban J connectivity index is 1.31. The third-order valence-corrected chi connectivity index (χ3v) is 7.16. The largest absolute Gasteiger partial charge is 0.497 e. The minimum atomic E-state index is -0.408.